The smallest absolute Gasteiger partial charge is 0.251 e. The summed E-state index contributed by atoms with van der Waals surface area (Å²) in [4.78, 5) is 11.9. The van der Waals surface area contributed by atoms with Crippen LogP contribution in [0.25, 0.3) is 5.57 Å². The van der Waals surface area contributed by atoms with Gasteiger partial charge in [0.05, 0.1) is 0 Å². The number of nitrogens with one attached hydrogen (secondary N) is 1. The molecule has 0 aromatic heterocycles. The molecule has 0 aliphatic carbocycles. The van der Waals surface area contributed by atoms with Crippen molar-refractivity contribution >= 4 is 11.5 Å². The topological polar surface area (TPSA) is 29.1 Å². The van der Waals surface area contributed by atoms with Gasteiger partial charge in [-0.1, -0.05) is 31.6 Å². The number of carbonyl (C=O) groups excluding carboxylic acids is 1. The van der Waals surface area contributed by atoms with Crippen molar-refractivity contribution in [1.29, 1.82) is 0 Å². The second-order valence-corrected chi connectivity index (χ2v) is 4.16. The summed E-state index contributed by atoms with van der Waals surface area (Å²) in [5, 5.41) is 2.93. The highest BCUT2D eigenvalue weighted by atomic mass is 16.1. The van der Waals surface area contributed by atoms with Crippen LogP contribution in [0.4, 0.5) is 0 Å². The molecular formula is C15H21NO. The third-order valence-electron chi connectivity index (χ3n) is 2.83. The quantitative estimate of drug-likeness (QED) is 0.770. The van der Waals surface area contributed by atoms with E-state index in [0.717, 1.165) is 30.5 Å². The van der Waals surface area contributed by atoms with Crippen LogP contribution in [0.5, 0.6) is 0 Å². The fourth-order valence-corrected chi connectivity index (χ4v) is 1.55. The van der Waals surface area contributed by atoms with Crippen molar-refractivity contribution in [3.8, 4) is 0 Å². The maximum atomic E-state index is 11.9. The third-order valence-corrected chi connectivity index (χ3v) is 2.83. The summed E-state index contributed by atoms with van der Waals surface area (Å²) in [6.07, 6.45) is 4.17. The van der Waals surface area contributed by atoms with Gasteiger partial charge in [0.15, 0.2) is 0 Å². The zero-order valence-electron chi connectivity index (χ0n) is 10.9. The van der Waals surface area contributed by atoms with E-state index in [1.807, 2.05) is 44.2 Å². The lowest BCUT2D eigenvalue weighted by molar-refractivity contribution is 0.0953. The van der Waals surface area contributed by atoms with E-state index in [9.17, 15) is 4.79 Å². The summed E-state index contributed by atoms with van der Waals surface area (Å²) in [6.45, 7) is 6.92. The zero-order valence-corrected chi connectivity index (χ0v) is 10.9. The van der Waals surface area contributed by atoms with Gasteiger partial charge < -0.3 is 5.32 Å². The van der Waals surface area contributed by atoms with Gasteiger partial charge in [-0.2, -0.15) is 0 Å². The molecule has 0 saturated heterocycles. The first-order valence-corrected chi connectivity index (χ1v) is 6.20. The van der Waals surface area contributed by atoms with E-state index in [1.165, 1.54) is 5.57 Å². The van der Waals surface area contributed by atoms with Crippen molar-refractivity contribution in [2.24, 2.45) is 0 Å². The summed E-state index contributed by atoms with van der Waals surface area (Å²) in [6, 6.07) is 7.75. The standard InChI is InChI=1S/C15H21NO/c1-4-6-10-16-15(17)14-9-7-8-13(11-14)12(3)5-2/h5,7-9,11H,4,6,10H2,1-3H3,(H,16,17). The van der Waals surface area contributed by atoms with Crippen molar-refractivity contribution in [2.45, 2.75) is 33.6 Å². The first kappa shape index (κ1) is 13.5. The predicted octanol–water partition coefficient (Wildman–Crippen LogP) is 3.64. The van der Waals surface area contributed by atoms with Crippen LogP contribution in [0.3, 0.4) is 0 Å². The average molecular weight is 231 g/mol. The van der Waals surface area contributed by atoms with E-state index < -0.39 is 0 Å². The number of hydrogen-bond donors (Lipinski definition) is 1. The highest BCUT2D eigenvalue weighted by Crippen LogP contribution is 2.15. The summed E-state index contributed by atoms with van der Waals surface area (Å²) >= 11 is 0. The molecule has 1 rings (SSSR count). The third kappa shape index (κ3) is 4.06. The van der Waals surface area contributed by atoms with Gasteiger partial charge in [-0.3, -0.25) is 4.79 Å². The Bertz CT molecular complexity index is 407. The Labute approximate surface area is 104 Å². The number of amides is 1. The van der Waals surface area contributed by atoms with E-state index in [-0.39, 0.29) is 5.91 Å². The second-order valence-electron chi connectivity index (χ2n) is 4.16. The Morgan fingerprint density at radius 3 is 2.71 bits per heavy atom. The SMILES string of the molecule is CC=C(C)c1cccc(C(=O)NCCCC)c1. The molecule has 1 aromatic carbocycles. The van der Waals surface area contributed by atoms with Crippen LogP contribution in [-0.4, -0.2) is 12.5 Å². The largest absolute Gasteiger partial charge is 0.352 e. The number of hydrogen-bond acceptors (Lipinski definition) is 1. The maximum Gasteiger partial charge on any atom is 0.251 e. The highest BCUT2D eigenvalue weighted by Gasteiger charge is 2.05. The molecule has 0 atom stereocenters. The van der Waals surface area contributed by atoms with Crippen LogP contribution < -0.4 is 5.32 Å². The van der Waals surface area contributed by atoms with Gasteiger partial charge in [0.1, 0.15) is 0 Å². The second kappa shape index (κ2) is 6.89. The molecule has 0 saturated carbocycles. The van der Waals surface area contributed by atoms with Crippen LogP contribution in [0.1, 0.15) is 49.5 Å². The molecule has 1 aromatic rings. The maximum absolute atomic E-state index is 11.9. The molecule has 2 nitrogen and oxygen atoms in total. The molecule has 0 aliphatic rings. The lowest BCUT2D eigenvalue weighted by atomic mass is 10.0. The minimum Gasteiger partial charge on any atom is -0.352 e. The number of benzene rings is 1. The Hall–Kier alpha value is -1.57. The first-order valence-electron chi connectivity index (χ1n) is 6.20. The Morgan fingerprint density at radius 2 is 2.06 bits per heavy atom. The first-order chi connectivity index (χ1) is 8.19. The molecule has 1 N–H and O–H groups in total. The van der Waals surface area contributed by atoms with Gasteiger partial charge in [-0.05, 0) is 43.5 Å². The van der Waals surface area contributed by atoms with Gasteiger partial charge in [-0.15, -0.1) is 0 Å². The van der Waals surface area contributed by atoms with Gasteiger partial charge in [0.2, 0.25) is 0 Å². The van der Waals surface area contributed by atoms with E-state index in [2.05, 4.69) is 12.2 Å². The predicted molar refractivity (Wildman–Crippen MR) is 73.0 cm³/mol. The number of rotatable bonds is 5. The normalized spacial score (nSPS) is 11.4. The molecule has 0 unspecified atom stereocenters. The van der Waals surface area contributed by atoms with E-state index >= 15 is 0 Å². The van der Waals surface area contributed by atoms with Crippen LogP contribution >= 0.6 is 0 Å². The van der Waals surface area contributed by atoms with Crippen LogP contribution in [0, 0.1) is 0 Å². The van der Waals surface area contributed by atoms with Gasteiger partial charge in [-0.25, -0.2) is 0 Å². The summed E-state index contributed by atoms with van der Waals surface area (Å²) in [7, 11) is 0. The van der Waals surface area contributed by atoms with Crippen molar-refractivity contribution in [2.75, 3.05) is 6.54 Å². The molecule has 0 aliphatic heterocycles. The van der Waals surface area contributed by atoms with Gasteiger partial charge >= 0.3 is 0 Å². The van der Waals surface area contributed by atoms with Crippen LogP contribution in [0.2, 0.25) is 0 Å². The van der Waals surface area contributed by atoms with Crippen molar-refractivity contribution in [3.05, 3.63) is 41.5 Å². The Morgan fingerprint density at radius 1 is 1.35 bits per heavy atom. The van der Waals surface area contributed by atoms with E-state index in [1.54, 1.807) is 0 Å². The van der Waals surface area contributed by atoms with E-state index in [4.69, 9.17) is 0 Å². The van der Waals surface area contributed by atoms with Crippen LogP contribution in [0.15, 0.2) is 30.3 Å². The van der Waals surface area contributed by atoms with Crippen molar-refractivity contribution in [3.63, 3.8) is 0 Å². The summed E-state index contributed by atoms with van der Waals surface area (Å²) < 4.78 is 0. The van der Waals surface area contributed by atoms with Crippen molar-refractivity contribution in [1.82, 2.24) is 5.32 Å². The molecule has 2 heteroatoms. The minimum atomic E-state index is 0.0178. The number of unbranched alkanes of at least 4 members (excludes halogenated alkanes) is 1. The Balaban J connectivity index is 2.74. The van der Waals surface area contributed by atoms with Gasteiger partial charge in [0.25, 0.3) is 5.91 Å². The fourth-order valence-electron chi connectivity index (χ4n) is 1.55. The molecule has 1 amide bonds. The molecule has 0 fully saturated rings. The molecule has 0 heterocycles. The molecule has 92 valence electrons. The lowest BCUT2D eigenvalue weighted by Crippen LogP contribution is -2.24. The van der Waals surface area contributed by atoms with E-state index in [0.29, 0.717) is 0 Å². The number of carbonyl (C=O) groups is 1. The minimum absolute atomic E-state index is 0.0178. The van der Waals surface area contributed by atoms with Crippen LogP contribution in [-0.2, 0) is 0 Å². The molecular weight excluding hydrogens is 210 g/mol. The van der Waals surface area contributed by atoms with Crippen molar-refractivity contribution < 1.29 is 4.79 Å². The highest BCUT2D eigenvalue weighted by molar-refractivity contribution is 5.95. The molecule has 17 heavy (non-hydrogen) atoms. The molecule has 0 bridgehead atoms. The zero-order chi connectivity index (χ0) is 12.7. The fraction of sp³-hybridized carbons (Fsp3) is 0.400. The average Bonchev–Trinajstić information content (AvgIpc) is 2.38. The lowest BCUT2D eigenvalue weighted by Gasteiger charge is -2.06. The number of allylic oxidation sites excluding steroid dienone is 2. The summed E-state index contributed by atoms with van der Waals surface area (Å²) in [5.41, 5.74) is 3.03. The molecule has 0 spiro atoms. The van der Waals surface area contributed by atoms with Gasteiger partial charge in [0, 0.05) is 12.1 Å². The monoisotopic (exact) mass is 231 g/mol. The molecule has 0 radical (unpaired) electrons. The summed E-state index contributed by atoms with van der Waals surface area (Å²) in [5.74, 6) is 0.0178. The Kier molecular flexibility index (Phi) is 5.47.